The number of nitrogens with zero attached hydrogens (tertiary/aromatic N) is 1. The second-order valence-electron chi connectivity index (χ2n) is 5.25. The fourth-order valence-corrected chi connectivity index (χ4v) is 2.71. The second-order valence-corrected chi connectivity index (χ2v) is 5.68. The van der Waals surface area contributed by atoms with Crippen LogP contribution in [0.3, 0.4) is 0 Å². The predicted molar refractivity (Wildman–Crippen MR) is 78.3 cm³/mol. The summed E-state index contributed by atoms with van der Waals surface area (Å²) in [5.41, 5.74) is 0. The molecule has 0 aliphatic carbocycles. The highest BCUT2D eigenvalue weighted by Crippen LogP contribution is 2.23. The van der Waals surface area contributed by atoms with E-state index in [1.54, 1.807) is 12.1 Å². The lowest BCUT2D eigenvalue weighted by Crippen LogP contribution is -2.44. The smallest absolute Gasteiger partial charge is 0.306 e. The summed E-state index contributed by atoms with van der Waals surface area (Å²) >= 11 is 5.81. The van der Waals surface area contributed by atoms with Crippen molar-refractivity contribution in [2.75, 3.05) is 19.7 Å². The van der Waals surface area contributed by atoms with Crippen LogP contribution in [0.1, 0.15) is 19.8 Å². The van der Waals surface area contributed by atoms with Gasteiger partial charge in [0.15, 0.2) is 0 Å². The molecule has 1 aromatic carbocycles. The topological polar surface area (TPSA) is 49.8 Å². The Balaban J connectivity index is 1.74. The summed E-state index contributed by atoms with van der Waals surface area (Å²) in [6.45, 7) is 4.32. The number of ether oxygens (including phenoxy) is 1. The second kappa shape index (κ2) is 6.95. The van der Waals surface area contributed by atoms with Crippen LogP contribution in [0, 0.1) is 5.92 Å². The summed E-state index contributed by atoms with van der Waals surface area (Å²) in [4.78, 5) is 13.3. The number of carboxylic acid groups (broad SMARTS) is 1. The van der Waals surface area contributed by atoms with Crippen LogP contribution in [-0.4, -0.2) is 41.7 Å². The SMILES string of the molecule is CC1CC(C(=O)O)CCN1CCOc1ccc(Cl)cc1. The third kappa shape index (κ3) is 4.12. The zero-order valence-corrected chi connectivity index (χ0v) is 12.3. The Kier molecular flexibility index (Phi) is 5.26. The Morgan fingerprint density at radius 2 is 2.15 bits per heavy atom. The van der Waals surface area contributed by atoms with Gasteiger partial charge in [-0.15, -0.1) is 0 Å². The lowest BCUT2D eigenvalue weighted by molar-refractivity contribution is -0.144. The first-order valence-electron chi connectivity index (χ1n) is 6.91. The summed E-state index contributed by atoms with van der Waals surface area (Å²) in [7, 11) is 0. The van der Waals surface area contributed by atoms with Crippen LogP contribution in [0.15, 0.2) is 24.3 Å². The van der Waals surface area contributed by atoms with E-state index in [1.807, 2.05) is 12.1 Å². The minimum atomic E-state index is -0.672. The number of aliphatic carboxylic acids is 1. The Hall–Kier alpha value is -1.26. The summed E-state index contributed by atoms with van der Waals surface area (Å²) < 4.78 is 5.67. The normalized spacial score (nSPS) is 23.5. The molecule has 1 N–H and O–H groups in total. The van der Waals surface area contributed by atoms with Gasteiger partial charge < -0.3 is 9.84 Å². The molecule has 0 spiro atoms. The molecule has 110 valence electrons. The van der Waals surface area contributed by atoms with Gasteiger partial charge in [-0.25, -0.2) is 0 Å². The van der Waals surface area contributed by atoms with E-state index in [0.717, 1.165) is 31.7 Å². The number of rotatable bonds is 5. The number of likely N-dealkylation sites (tertiary alicyclic amines) is 1. The van der Waals surface area contributed by atoms with Crippen molar-refractivity contribution < 1.29 is 14.6 Å². The predicted octanol–water partition coefficient (Wildman–Crippen LogP) is 2.90. The Labute approximate surface area is 124 Å². The lowest BCUT2D eigenvalue weighted by atomic mass is 9.92. The quantitative estimate of drug-likeness (QED) is 0.908. The molecule has 4 nitrogen and oxygen atoms in total. The van der Waals surface area contributed by atoms with Crippen molar-refractivity contribution in [2.45, 2.75) is 25.8 Å². The minimum absolute atomic E-state index is 0.196. The number of hydrogen-bond acceptors (Lipinski definition) is 3. The highest BCUT2D eigenvalue weighted by Gasteiger charge is 2.29. The molecule has 2 rings (SSSR count). The molecular weight excluding hydrogens is 278 g/mol. The minimum Gasteiger partial charge on any atom is -0.492 e. The van der Waals surface area contributed by atoms with Crippen LogP contribution in [0.4, 0.5) is 0 Å². The molecule has 1 aliphatic heterocycles. The van der Waals surface area contributed by atoms with Gasteiger partial charge in [0.2, 0.25) is 0 Å². The number of benzene rings is 1. The van der Waals surface area contributed by atoms with Gasteiger partial charge in [-0.1, -0.05) is 11.6 Å². The van der Waals surface area contributed by atoms with Crippen LogP contribution in [0.2, 0.25) is 5.02 Å². The van der Waals surface area contributed by atoms with Crippen molar-refractivity contribution in [1.29, 1.82) is 0 Å². The van der Waals surface area contributed by atoms with Crippen LogP contribution >= 0.6 is 11.6 Å². The van der Waals surface area contributed by atoms with Crippen LogP contribution in [0.25, 0.3) is 0 Å². The monoisotopic (exact) mass is 297 g/mol. The van der Waals surface area contributed by atoms with Crippen molar-refractivity contribution in [3.8, 4) is 5.75 Å². The van der Waals surface area contributed by atoms with Crippen molar-refractivity contribution >= 4 is 17.6 Å². The van der Waals surface area contributed by atoms with Crippen LogP contribution in [-0.2, 0) is 4.79 Å². The van der Waals surface area contributed by atoms with E-state index in [4.69, 9.17) is 21.4 Å². The molecule has 1 saturated heterocycles. The summed E-state index contributed by atoms with van der Waals surface area (Å²) in [6, 6.07) is 7.60. The fraction of sp³-hybridized carbons (Fsp3) is 0.533. The van der Waals surface area contributed by atoms with Crippen molar-refractivity contribution in [2.24, 2.45) is 5.92 Å². The molecule has 2 atom stereocenters. The molecule has 1 aromatic rings. The molecule has 0 bridgehead atoms. The maximum atomic E-state index is 11.0. The molecule has 1 aliphatic rings. The zero-order chi connectivity index (χ0) is 14.5. The van der Waals surface area contributed by atoms with E-state index < -0.39 is 5.97 Å². The van der Waals surface area contributed by atoms with Crippen LogP contribution < -0.4 is 4.74 Å². The maximum Gasteiger partial charge on any atom is 0.306 e. The molecule has 5 heteroatoms. The molecule has 0 aromatic heterocycles. The molecule has 2 unspecified atom stereocenters. The highest BCUT2D eigenvalue weighted by atomic mass is 35.5. The van der Waals surface area contributed by atoms with Crippen molar-refractivity contribution in [3.05, 3.63) is 29.3 Å². The van der Waals surface area contributed by atoms with Crippen molar-refractivity contribution in [3.63, 3.8) is 0 Å². The van der Waals surface area contributed by atoms with Gasteiger partial charge in [0.05, 0.1) is 5.92 Å². The molecule has 0 radical (unpaired) electrons. The molecule has 20 heavy (non-hydrogen) atoms. The van der Waals surface area contributed by atoms with E-state index in [-0.39, 0.29) is 5.92 Å². The van der Waals surface area contributed by atoms with Gasteiger partial charge in [-0.2, -0.15) is 0 Å². The fourth-order valence-electron chi connectivity index (χ4n) is 2.59. The molecular formula is C15H20ClNO3. The number of carbonyl (C=O) groups is 1. The summed E-state index contributed by atoms with van der Waals surface area (Å²) in [5, 5.41) is 9.73. The van der Waals surface area contributed by atoms with Gasteiger partial charge in [0, 0.05) is 17.6 Å². The van der Waals surface area contributed by atoms with E-state index in [1.165, 1.54) is 0 Å². The van der Waals surface area contributed by atoms with Crippen LogP contribution in [0.5, 0.6) is 5.75 Å². The first-order valence-corrected chi connectivity index (χ1v) is 7.29. The molecule has 1 fully saturated rings. The number of carboxylic acids is 1. The van der Waals surface area contributed by atoms with E-state index in [9.17, 15) is 4.79 Å². The van der Waals surface area contributed by atoms with Crippen molar-refractivity contribution in [1.82, 2.24) is 4.90 Å². The zero-order valence-electron chi connectivity index (χ0n) is 11.6. The molecule has 0 saturated carbocycles. The Morgan fingerprint density at radius 1 is 1.45 bits per heavy atom. The number of halogens is 1. The molecule has 0 amide bonds. The Morgan fingerprint density at radius 3 is 2.75 bits per heavy atom. The number of hydrogen-bond donors (Lipinski definition) is 1. The third-order valence-corrected chi connectivity index (χ3v) is 4.08. The highest BCUT2D eigenvalue weighted by molar-refractivity contribution is 6.30. The lowest BCUT2D eigenvalue weighted by Gasteiger charge is -2.36. The standard InChI is InChI=1S/C15H20ClNO3/c1-11-10-12(15(18)19)6-7-17(11)8-9-20-14-4-2-13(16)3-5-14/h2-5,11-12H,6-10H2,1H3,(H,18,19). The first-order chi connectivity index (χ1) is 9.56. The number of piperidine rings is 1. The van der Waals surface area contributed by atoms with Gasteiger partial charge in [0.1, 0.15) is 12.4 Å². The van der Waals surface area contributed by atoms with Gasteiger partial charge in [-0.05, 0) is 50.6 Å². The van der Waals surface area contributed by atoms with E-state index in [2.05, 4.69) is 11.8 Å². The van der Waals surface area contributed by atoms with E-state index >= 15 is 0 Å². The Bertz CT molecular complexity index is 449. The van der Waals surface area contributed by atoms with Gasteiger partial charge >= 0.3 is 5.97 Å². The maximum absolute atomic E-state index is 11.0. The summed E-state index contributed by atoms with van der Waals surface area (Å²) in [5.74, 6) is -0.0603. The van der Waals surface area contributed by atoms with Gasteiger partial charge in [-0.3, -0.25) is 9.69 Å². The average molecular weight is 298 g/mol. The van der Waals surface area contributed by atoms with E-state index in [0.29, 0.717) is 17.7 Å². The third-order valence-electron chi connectivity index (χ3n) is 3.82. The average Bonchev–Trinajstić information content (AvgIpc) is 2.42. The first kappa shape index (κ1) is 15.1. The molecule has 1 heterocycles. The largest absolute Gasteiger partial charge is 0.492 e. The van der Waals surface area contributed by atoms with Gasteiger partial charge in [0.25, 0.3) is 0 Å². The summed E-state index contributed by atoms with van der Waals surface area (Å²) in [6.07, 6.45) is 1.44.